The van der Waals surface area contributed by atoms with Gasteiger partial charge in [0.25, 0.3) is 0 Å². The summed E-state index contributed by atoms with van der Waals surface area (Å²) in [6, 6.07) is 4.95. The maximum absolute atomic E-state index is 11.3. The normalized spacial score (nSPS) is 11.6. The lowest BCUT2D eigenvalue weighted by Crippen LogP contribution is -2.11. The van der Waals surface area contributed by atoms with Crippen molar-refractivity contribution in [1.82, 2.24) is 4.98 Å². The summed E-state index contributed by atoms with van der Waals surface area (Å²) in [5.74, 6) is -0.963. The highest BCUT2D eigenvalue weighted by Gasteiger charge is 2.18. The van der Waals surface area contributed by atoms with E-state index >= 15 is 0 Å². The average Bonchev–Trinajstić information content (AvgIpc) is 2.79. The third-order valence-electron chi connectivity index (χ3n) is 2.96. The largest absolute Gasteiger partial charge is 0.478 e. The molecular formula is C15H16ClNO2S. The molecule has 3 nitrogen and oxygen atoms in total. The molecule has 106 valence electrons. The Hall–Kier alpha value is -1.39. The number of carboxylic acids is 1. The van der Waals surface area contributed by atoms with Crippen molar-refractivity contribution in [1.29, 1.82) is 0 Å². The van der Waals surface area contributed by atoms with Gasteiger partial charge in [0.1, 0.15) is 0 Å². The van der Waals surface area contributed by atoms with Crippen LogP contribution in [0.25, 0.3) is 0 Å². The number of nitrogens with zero attached hydrogens (tertiary/aromatic N) is 1. The van der Waals surface area contributed by atoms with Gasteiger partial charge in [-0.05, 0) is 17.7 Å². The van der Waals surface area contributed by atoms with Crippen LogP contribution in [0.2, 0.25) is 5.02 Å². The lowest BCUT2D eigenvalue weighted by Gasteiger charge is -2.14. The molecule has 0 fully saturated rings. The Morgan fingerprint density at radius 1 is 1.40 bits per heavy atom. The van der Waals surface area contributed by atoms with E-state index in [1.165, 1.54) is 6.07 Å². The summed E-state index contributed by atoms with van der Waals surface area (Å²) in [6.07, 6.45) is 0.513. The fraction of sp³-hybridized carbons (Fsp3) is 0.333. The van der Waals surface area contributed by atoms with Crippen molar-refractivity contribution >= 4 is 28.9 Å². The minimum Gasteiger partial charge on any atom is -0.478 e. The molecule has 1 aromatic carbocycles. The Morgan fingerprint density at radius 3 is 2.65 bits per heavy atom. The number of carbonyl (C=O) groups is 1. The van der Waals surface area contributed by atoms with Crippen molar-refractivity contribution in [2.24, 2.45) is 0 Å². The molecule has 0 atom stereocenters. The number of halogens is 1. The van der Waals surface area contributed by atoms with E-state index in [0.717, 1.165) is 16.3 Å². The second-order valence-electron chi connectivity index (χ2n) is 5.66. The first-order chi connectivity index (χ1) is 9.27. The molecule has 2 rings (SSSR count). The molecule has 1 aromatic heterocycles. The molecule has 0 aliphatic carbocycles. The zero-order valence-corrected chi connectivity index (χ0v) is 13.2. The quantitative estimate of drug-likeness (QED) is 0.915. The summed E-state index contributed by atoms with van der Waals surface area (Å²) < 4.78 is 0. The van der Waals surface area contributed by atoms with Crippen LogP contribution in [0, 0.1) is 0 Å². The molecule has 0 radical (unpaired) electrons. The van der Waals surface area contributed by atoms with Crippen LogP contribution < -0.4 is 0 Å². The Kier molecular flexibility index (Phi) is 4.16. The molecule has 5 heteroatoms. The highest BCUT2D eigenvalue weighted by atomic mass is 35.5. The minimum atomic E-state index is -0.963. The Labute approximate surface area is 127 Å². The molecule has 0 amide bonds. The van der Waals surface area contributed by atoms with Crippen LogP contribution in [0.15, 0.2) is 23.6 Å². The molecule has 0 aliphatic heterocycles. The fourth-order valence-electron chi connectivity index (χ4n) is 1.80. The van der Waals surface area contributed by atoms with Gasteiger partial charge in [-0.2, -0.15) is 0 Å². The van der Waals surface area contributed by atoms with Gasteiger partial charge in [0.15, 0.2) is 0 Å². The van der Waals surface area contributed by atoms with E-state index < -0.39 is 5.97 Å². The maximum Gasteiger partial charge on any atom is 0.336 e. The molecule has 0 unspecified atom stereocenters. The third-order valence-corrected chi connectivity index (χ3v) is 4.05. The minimum absolute atomic E-state index is 0.00434. The number of aromatic carboxylic acids is 1. The SMILES string of the molecule is CC(C)(C)c1csc(Cc2ccc(Cl)cc2C(=O)O)n1. The number of hydrogen-bond donors (Lipinski definition) is 1. The van der Waals surface area contributed by atoms with E-state index in [4.69, 9.17) is 11.6 Å². The second kappa shape index (κ2) is 5.54. The van der Waals surface area contributed by atoms with Crippen LogP contribution in [0.3, 0.4) is 0 Å². The van der Waals surface area contributed by atoms with Crippen molar-refractivity contribution in [3.63, 3.8) is 0 Å². The smallest absolute Gasteiger partial charge is 0.336 e. The summed E-state index contributed by atoms with van der Waals surface area (Å²) in [5, 5.41) is 12.6. The Balaban J connectivity index is 2.31. The Morgan fingerprint density at radius 2 is 2.10 bits per heavy atom. The number of hydrogen-bond acceptors (Lipinski definition) is 3. The number of aromatic nitrogens is 1. The monoisotopic (exact) mass is 309 g/mol. The van der Waals surface area contributed by atoms with E-state index in [1.807, 2.05) is 5.38 Å². The van der Waals surface area contributed by atoms with Crippen molar-refractivity contribution in [2.75, 3.05) is 0 Å². The number of rotatable bonds is 3. The molecule has 2 aromatic rings. The van der Waals surface area contributed by atoms with Gasteiger partial charge in [-0.15, -0.1) is 11.3 Å². The average molecular weight is 310 g/mol. The molecule has 0 aliphatic rings. The maximum atomic E-state index is 11.3. The summed E-state index contributed by atoms with van der Waals surface area (Å²) in [5.41, 5.74) is 2.01. The zero-order chi connectivity index (χ0) is 14.9. The van der Waals surface area contributed by atoms with Gasteiger partial charge in [0.2, 0.25) is 0 Å². The van der Waals surface area contributed by atoms with Gasteiger partial charge in [0.05, 0.1) is 16.3 Å². The van der Waals surface area contributed by atoms with E-state index in [2.05, 4.69) is 25.8 Å². The molecule has 1 heterocycles. The van der Waals surface area contributed by atoms with Crippen LogP contribution >= 0.6 is 22.9 Å². The van der Waals surface area contributed by atoms with Gasteiger partial charge >= 0.3 is 5.97 Å². The Bertz CT molecular complexity index is 644. The van der Waals surface area contributed by atoms with E-state index in [1.54, 1.807) is 23.5 Å². The van der Waals surface area contributed by atoms with Gasteiger partial charge < -0.3 is 5.11 Å². The molecular weight excluding hydrogens is 294 g/mol. The van der Waals surface area contributed by atoms with Gasteiger partial charge in [0, 0.05) is 22.2 Å². The molecule has 0 bridgehead atoms. The standard InChI is InChI=1S/C15H16ClNO2S/c1-15(2,3)12-8-20-13(17-12)6-9-4-5-10(16)7-11(9)14(18)19/h4-5,7-8H,6H2,1-3H3,(H,18,19). The van der Waals surface area contributed by atoms with Gasteiger partial charge in [-0.3, -0.25) is 0 Å². The number of carboxylic acid groups (broad SMARTS) is 1. The predicted molar refractivity (Wildman–Crippen MR) is 82.0 cm³/mol. The second-order valence-corrected chi connectivity index (χ2v) is 7.04. The van der Waals surface area contributed by atoms with Crippen LogP contribution in [-0.2, 0) is 11.8 Å². The number of benzene rings is 1. The van der Waals surface area contributed by atoms with Crippen LogP contribution in [-0.4, -0.2) is 16.1 Å². The molecule has 0 saturated carbocycles. The molecule has 1 N–H and O–H groups in total. The lowest BCUT2D eigenvalue weighted by atomic mass is 9.93. The molecule has 0 spiro atoms. The molecule has 0 saturated heterocycles. The van der Waals surface area contributed by atoms with Crippen LogP contribution in [0.1, 0.15) is 47.4 Å². The summed E-state index contributed by atoms with van der Waals surface area (Å²) in [7, 11) is 0. The predicted octanol–water partition coefficient (Wildman–Crippen LogP) is 4.38. The molecule has 20 heavy (non-hydrogen) atoms. The van der Waals surface area contributed by atoms with Gasteiger partial charge in [-0.25, -0.2) is 9.78 Å². The first kappa shape index (κ1) is 15.0. The third kappa shape index (κ3) is 3.38. The first-order valence-corrected chi connectivity index (χ1v) is 7.50. The van der Waals surface area contributed by atoms with Crippen molar-refractivity contribution in [3.8, 4) is 0 Å². The van der Waals surface area contributed by atoms with Crippen molar-refractivity contribution in [2.45, 2.75) is 32.6 Å². The van der Waals surface area contributed by atoms with E-state index in [9.17, 15) is 9.90 Å². The van der Waals surface area contributed by atoms with Crippen molar-refractivity contribution in [3.05, 3.63) is 50.4 Å². The zero-order valence-electron chi connectivity index (χ0n) is 11.6. The van der Waals surface area contributed by atoms with Crippen molar-refractivity contribution < 1.29 is 9.90 Å². The fourth-order valence-corrected chi connectivity index (χ4v) is 3.02. The number of thiazole rings is 1. The summed E-state index contributed by atoms with van der Waals surface area (Å²) in [6.45, 7) is 6.32. The van der Waals surface area contributed by atoms with Crippen LogP contribution in [0.5, 0.6) is 0 Å². The summed E-state index contributed by atoms with van der Waals surface area (Å²) in [4.78, 5) is 15.8. The summed E-state index contributed by atoms with van der Waals surface area (Å²) >= 11 is 7.41. The lowest BCUT2D eigenvalue weighted by molar-refractivity contribution is 0.0696. The van der Waals surface area contributed by atoms with E-state index in [-0.39, 0.29) is 11.0 Å². The van der Waals surface area contributed by atoms with Crippen LogP contribution in [0.4, 0.5) is 0 Å². The highest BCUT2D eigenvalue weighted by Crippen LogP contribution is 2.26. The highest BCUT2D eigenvalue weighted by molar-refractivity contribution is 7.09. The first-order valence-electron chi connectivity index (χ1n) is 6.24. The van der Waals surface area contributed by atoms with Gasteiger partial charge in [-0.1, -0.05) is 38.4 Å². The topological polar surface area (TPSA) is 50.2 Å². The van der Waals surface area contributed by atoms with E-state index in [0.29, 0.717) is 11.4 Å².